The van der Waals surface area contributed by atoms with Gasteiger partial charge in [-0.15, -0.1) is 0 Å². The van der Waals surface area contributed by atoms with Crippen molar-refractivity contribution in [1.29, 1.82) is 0 Å². The van der Waals surface area contributed by atoms with E-state index in [1.54, 1.807) is 48.5 Å². The number of hydrogen-bond donors (Lipinski definition) is 2. The number of rotatable bonds is 9. The van der Waals surface area contributed by atoms with Gasteiger partial charge in [0.15, 0.2) is 0 Å². The molecule has 0 saturated carbocycles. The first kappa shape index (κ1) is 23.5. The molecule has 3 rings (SSSR count). The maximum absolute atomic E-state index is 13.2. The maximum Gasteiger partial charge on any atom is 0.278 e. The van der Waals surface area contributed by atoms with Crippen LogP contribution in [0.3, 0.4) is 0 Å². The maximum atomic E-state index is 13.2. The van der Waals surface area contributed by atoms with Gasteiger partial charge in [0.1, 0.15) is 5.70 Å². The number of nitrogens with one attached hydrogen (secondary N) is 2. The van der Waals surface area contributed by atoms with Gasteiger partial charge in [0.25, 0.3) is 11.8 Å². The van der Waals surface area contributed by atoms with Gasteiger partial charge in [-0.2, -0.15) is 0 Å². The third-order valence-corrected chi connectivity index (χ3v) is 5.00. The van der Waals surface area contributed by atoms with Gasteiger partial charge in [-0.05, 0) is 62.2 Å². The fourth-order valence-corrected chi connectivity index (χ4v) is 3.43. The molecule has 2 aromatic rings. The van der Waals surface area contributed by atoms with Crippen LogP contribution in [0.4, 0.5) is 11.4 Å². The number of ether oxygens (including phenoxy) is 1. The van der Waals surface area contributed by atoms with Crippen LogP contribution >= 0.6 is 11.6 Å². The van der Waals surface area contributed by atoms with Crippen LogP contribution in [0.1, 0.15) is 32.8 Å². The summed E-state index contributed by atoms with van der Waals surface area (Å²) in [5.74, 6) is -0.929. The summed E-state index contributed by atoms with van der Waals surface area (Å²) in [4.78, 5) is 38.8. The number of carbonyl (C=O) groups excluding carboxylic acids is 3. The number of imide groups is 1. The Hall–Kier alpha value is -3.16. The molecule has 0 aliphatic carbocycles. The monoisotopic (exact) mass is 455 g/mol. The van der Waals surface area contributed by atoms with Crippen LogP contribution in [0.5, 0.6) is 0 Å². The Bertz CT molecular complexity index is 1030. The van der Waals surface area contributed by atoms with E-state index in [1.165, 1.54) is 11.8 Å². The predicted molar refractivity (Wildman–Crippen MR) is 125 cm³/mol. The lowest BCUT2D eigenvalue weighted by atomic mass is 10.0. The molecule has 0 spiro atoms. The molecule has 1 aliphatic rings. The Balaban J connectivity index is 1.86. The fraction of sp³-hybridized carbons (Fsp3) is 0.292. The molecule has 1 heterocycles. The minimum atomic E-state index is -0.393. The minimum Gasteiger partial charge on any atom is -0.379 e. The first-order valence-corrected chi connectivity index (χ1v) is 10.8. The Morgan fingerprint density at radius 1 is 1.00 bits per heavy atom. The van der Waals surface area contributed by atoms with Gasteiger partial charge in [-0.1, -0.05) is 23.7 Å². The number of anilines is 2. The summed E-state index contributed by atoms with van der Waals surface area (Å²) < 4.78 is 5.53. The summed E-state index contributed by atoms with van der Waals surface area (Å²) in [7, 11) is 0. The Labute approximate surface area is 192 Å². The molecule has 32 heavy (non-hydrogen) atoms. The third-order valence-electron chi connectivity index (χ3n) is 4.75. The summed E-state index contributed by atoms with van der Waals surface area (Å²) in [5.41, 5.74) is 2.35. The summed E-state index contributed by atoms with van der Waals surface area (Å²) in [5, 5.41) is 6.33. The Morgan fingerprint density at radius 3 is 2.22 bits per heavy atom. The van der Waals surface area contributed by atoms with Gasteiger partial charge in [-0.25, -0.2) is 0 Å². The molecule has 8 heteroatoms. The van der Waals surface area contributed by atoms with Crippen LogP contribution in [0.25, 0.3) is 5.57 Å². The molecule has 2 aromatic carbocycles. The molecule has 3 amide bonds. The van der Waals surface area contributed by atoms with Gasteiger partial charge in [0, 0.05) is 36.5 Å². The van der Waals surface area contributed by atoms with Crippen molar-refractivity contribution in [3.63, 3.8) is 0 Å². The van der Waals surface area contributed by atoms with Gasteiger partial charge in [-0.3, -0.25) is 19.3 Å². The molecule has 2 N–H and O–H groups in total. The average Bonchev–Trinajstić information content (AvgIpc) is 2.96. The fourth-order valence-electron chi connectivity index (χ4n) is 3.31. The molecule has 0 fully saturated rings. The van der Waals surface area contributed by atoms with Crippen LogP contribution in [0, 0.1) is 0 Å². The summed E-state index contributed by atoms with van der Waals surface area (Å²) >= 11 is 6.00. The van der Waals surface area contributed by atoms with E-state index in [0.29, 0.717) is 40.6 Å². The lowest BCUT2D eigenvalue weighted by Crippen LogP contribution is -2.34. The second kappa shape index (κ2) is 10.4. The van der Waals surface area contributed by atoms with Crippen molar-refractivity contribution in [2.75, 3.05) is 23.8 Å². The number of benzene rings is 2. The van der Waals surface area contributed by atoms with E-state index in [4.69, 9.17) is 16.3 Å². The lowest BCUT2D eigenvalue weighted by Gasteiger charge is -2.16. The molecule has 168 valence electrons. The second-order valence-corrected chi connectivity index (χ2v) is 8.11. The summed E-state index contributed by atoms with van der Waals surface area (Å²) in [6.07, 6.45) is 0.628. The van der Waals surface area contributed by atoms with E-state index in [1.807, 2.05) is 13.8 Å². The minimum absolute atomic E-state index is 0.0837. The third kappa shape index (κ3) is 5.75. The standard InChI is InChI=1S/C24H26ClN3O4/c1-15(2)32-14-4-13-28-23(30)21(17-5-7-18(25)8-6-17)22(24(28)31)27-20-11-9-19(10-12-20)26-16(3)29/h5-12,15,27H,4,13-14H2,1-3H3,(H,26,29). The van der Waals surface area contributed by atoms with Crippen molar-refractivity contribution >= 4 is 46.3 Å². The molecule has 0 saturated heterocycles. The average molecular weight is 456 g/mol. The lowest BCUT2D eigenvalue weighted by molar-refractivity contribution is -0.137. The second-order valence-electron chi connectivity index (χ2n) is 7.68. The molecular formula is C24H26ClN3O4. The number of amides is 3. The zero-order valence-electron chi connectivity index (χ0n) is 18.3. The van der Waals surface area contributed by atoms with E-state index in [-0.39, 0.29) is 30.2 Å². The van der Waals surface area contributed by atoms with Gasteiger partial charge < -0.3 is 15.4 Å². The molecule has 0 unspecified atom stereocenters. The molecule has 1 aliphatic heterocycles. The van der Waals surface area contributed by atoms with Gasteiger partial charge in [0.2, 0.25) is 5.91 Å². The molecular weight excluding hydrogens is 430 g/mol. The van der Waals surface area contributed by atoms with E-state index >= 15 is 0 Å². The first-order chi connectivity index (χ1) is 15.3. The number of hydrogen-bond acceptors (Lipinski definition) is 5. The van der Waals surface area contributed by atoms with E-state index in [9.17, 15) is 14.4 Å². The van der Waals surface area contributed by atoms with Crippen LogP contribution in [-0.4, -0.2) is 41.9 Å². The molecule has 0 radical (unpaired) electrons. The van der Waals surface area contributed by atoms with Crippen LogP contribution in [0.2, 0.25) is 5.02 Å². The molecule has 7 nitrogen and oxygen atoms in total. The van der Waals surface area contributed by atoms with E-state index in [0.717, 1.165) is 0 Å². The SMILES string of the molecule is CC(=O)Nc1ccc(NC2=C(c3ccc(Cl)cc3)C(=O)N(CCCOC(C)C)C2=O)cc1. The molecule has 0 aromatic heterocycles. The quantitative estimate of drug-likeness (QED) is 0.434. The molecule has 0 bridgehead atoms. The van der Waals surface area contributed by atoms with Gasteiger partial charge in [0.05, 0.1) is 11.7 Å². The van der Waals surface area contributed by atoms with Crippen LogP contribution in [0.15, 0.2) is 54.2 Å². The smallest absolute Gasteiger partial charge is 0.278 e. The van der Waals surface area contributed by atoms with Crippen LogP contribution in [-0.2, 0) is 19.1 Å². The van der Waals surface area contributed by atoms with E-state index in [2.05, 4.69) is 10.6 Å². The highest BCUT2D eigenvalue weighted by Crippen LogP contribution is 2.31. The number of nitrogens with zero attached hydrogens (tertiary/aromatic N) is 1. The summed E-state index contributed by atoms with van der Waals surface area (Å²) in [6.45, 7) is 6.02. The van der Waals surface area contributed by atoms with Crippen molar-refractivity contribution in [2.24, 2.45) is 0 Å². The largest absolute Gasteiger partial charge is 0.379 e. The topological polar surface area (TPSA) is 87.7 Å². The zero-order valence-corrected chi connectivity index (χ0v) is 19.0. The Morgan fingerprint density at radius 2 is 1.62 bits per heavy atom. The zero-order chi connectivity index (χ0) is 23.3. The Kier molecular flexibility index (Phi) is 7.66. The predicted octanol–water partition coefficient (Wildman–Crippen LogP) is 4.31. The summed E-state index contributed by atoms with van der Waals surface area (Å²) in [6, 6.07) is 13.7. The normalized spacial score (nSPS) is 13.8. The highest BCUT2D eigenvalue weighted by molar-refractivity contribution is 6.36. The van der Waals surface area contributed by atoms with Gasteiger partial charge >= 0.3 is 0 Å². The van der Waals surface area contributed by atoms with Crippen molar-refractivity contribution < 1.29 is 19.1 Å². The number of halogens is 1. The highest BCUT2D eigenvalue weighted by atomic mass is 35.5. The van der Waals surface area contributed by atoms with Crippen LogP contribution < -0.4 is 10.6 Å². The van der Waals surface area contributed by atoms with Crippen molar-refractivity contribution in [2.45, 2.75) is 33.3 Å². The molecule has 0 atom stereocenters. The number of carbonyl (C=O) groups is 3. The first-order valence-electron chi connectivity index (χ1n) is 10.4. The van der Waals surface area contributed by atoms with Crippen molar-refractivity contribution in [1.82, 2.24) is 4.90 Å². The highest BCUT2D eigenvalue weighted by Gasteiger charge is 2.38. The van der Waals surface area contributed by atoms with E-state index < -0.39 is 5.91 Å². The van der Waals surface area contributed by atoms with Crippen molar-refractivity contribution in [3.8, 4) is 0 Å². The van der Waals surface area contributed by atoms with Crippen molar-refractivity contribution in [3.05, 3.63) is 64.8 Å².